The van der Waals surface area contributed by atoms with Crippen LogP contribution in [-0.2, 0) is 6.54 Å². The minimum Gasteiger partial charge on any atom is -0.354 e. The van der Waals surface area contributed by atoms with Crippen molar-refractivity contribution in [3.05, 3.63) is 23.9 Å². The molecular formula is C17H29N3. The maximum absolute atomic E-state index is 4.69. The van der Waals surface area contributed by atoms with E-state index in [9.17, 15) is 0 Å². The Morgan fingerprint density at radius 2 is 2.10 bits per heavy atom. The van der Waals surface area contributed by atoms with Gasteiger partial charge in [0.25, 0.3) is 0 Å². The molecule has 0 spiro atoms. The molecule has 1 atom stereocenters. The lowest BCUT2D eigenvalue weighted by atomic mass is 10.00. The molecule has 2 rings (SSSR count). The number of pyridine rings is 1. The summed E-state index contributed by atoms with van der Waals surface area (Å²) in [5, 5.41) is 3.50. The number of nitrogens with one attached hydrogen (secondary N) is 1. The topological polar surface area (TPSA) is 28.2 Å². The summed E-state index contributed by atoms with van der Waals surface area (Å²) in [6.07, 6.45) is 7.21. The highest BCUT2D eigenvalue weighted by Gasteiger charge is 2.21. The van der Waals surface area contributed by atoms with Crippen LogP contribution in [0.25, 0.3) is 0 Å². The van der Waals surface area contributed by atoms with Crippen LogP contribution in [0.2, 0.25) is 0 Å². The van der Waals surface area contributed by atoms with Gasteiger partial charge in [0, 0.05) is 30.9 Å². The van der Waals surface area contributed by atoms with Gasteiger partial charge in [-0.3, -0.25) is 0 Å². The smallest absolute Gasteiger partial charge is 0.128 e. The third-order valence-corrected chi connectivity index (χ3v) is 4.02. The maximum atomic E-state index is 4.69. The van der Waals surface area contributed by atoms with Gasteiger partial charge in [0.05, 0.1) is 0 Å². The summed E-state index contributed by atoms with van der Waals surface area (Å²) < 4.78 is 0. The Bertz CT molecular complexity index is 405. The van der Waals surface area contributed by atoms with Crippen molar-refractivity contribution in [3.63, 3.8) is 0 Å². The minimum atomic E-state index is 0.152. The summed E-state index contributed by atoms with van der Waals surface area (Å²) >= 11 is 0. The third-order valence-electron chi connectivity index (χ3n) is 4.02. The lowest BCUT2D eigenvalue weighted by Crippen LogP contribution is -2.39. The van der Waals surface area contributed by atoms with Crippen molar-refractivity contribution in [1.82, 2.24) is 10.3 Å². The quantitative estimate of drug-likeness (QED) is 0.907. The van der Waals surface area contributed by atoms with Gasteiger partial charge in [-0.1, -0.05) is 13.0 Å². The van der Waals surface area contributed by atoms with Crippen molar-refractivity contribution in [2.45, 2.75) is 71.5 Å². The normalized spacial score (nSPS) is 20.2. The van der Waals surface area contributed by atoms with Crippen LogP contribution < -0.4 is 10.2 Å². The molecule has 1 N–H and O–H groups in total. The molecular weight excluding hydrogens is 246 g/mol. The first-order chi connectivity index (χ1) is 9.49. The molecule has 3 heteroatoms. The van der Waals surface area contributed by atoms with Gasteiger partial charge in [-0.2, -0.15) is 0 Å². The zero-order chi connectivity index (χ0) is 14.6. The molecule has 1 unspecified atom stereocenters. The van der Waals surface area contributed by atoms with Gasteiger partial charge in [-0.25, -0.2) is 4.98 Å². The van der Waals surface area contributed by atoms with Crippen LogP contribution in [0.15, 0.2) is 18.3 Å². The minimum absolute atomic E-state index is 0.152. The number of anilines is 1. The lowest BCUT2D eigenvalue weighted by Gasteiger charge is -2.36. The highest BCUT2D eigenvalue weighted by atomic mass is 15.2. The van der Waals surface area contributed by atoms with Crippen LogP contribution in [0, 0.1) is 0 Å². The lowest BCUT2D eigenvalue weighted by molar-refractivity contribution is 0.423. The van der Waals surface area contributed by atoms with Gasteiger partial charge < -0.3 is 10.2 Å². The molecule has 0 amide bonds. The summed E-state index contributed by atoms with van der Waals surface area (Å²) in [5.41, 5.74) is 1.41. The molecule has 112 valence electrons. The molecule has 1 aromatic heterocycles. The van der Waals surface area contributed by atoms with Crippen LogP contribution in [-0.4, -0.2) is 23.1 Å². The van der Waals surface area contributed by atoms with Gasteiger partial charge in [-0.05, 0) is 58.1 Å². The second kappa shape index (κ2) is 6.57. The van der Waals surface area contributed by atoms with E-state index in [1.807, 2.05) is 6.20 Å². The zero-order valence-electron chi connectivity index (χ0n) is 13.4. The monoisotopic (exact) mass is 275 g/mol. The van der Waals surface area contributed by atoms with E-state index in [0.29, 0.717) is 6.04 Å². The van der Waals surface area contributed by atoms with E-state index in [4.69, 9.17) is 0 Å². The summed E-state index contributed by atoms with van der Waals surface area (Å²) in [7, 11) is 0. The Balaban J connectivity index is 2.00. The fraction of sp³-hybridized carbons (Fsp3) is 0.706. The largest absolute Gasteiger partial charge is 0.354 e. The van der Waals surface area contributed by atoms with Gasteiger partial charge in [0.1, 0.15) is 5.82 Å². The summed E-state index contributed by atoms with van der Waals surface area (Å²) in [6, 6.07) is 5.07. The fourth-order valence-electron chi connectivity index (χ4n) is 2.79. The second-order valence-corrected chi connectivity index (χ2v) is 6.88. The number of piperidine rings is 1. The molecule has 1 aliphatic rings. The number of aromatic nitrogens is 1. The van der Waals surface area contributed by atoms with Crippen LogP contribution >= 0.6 is 0 Å². The Morgan fingerprint density at radius 3 is 2.70 bits per heavy atom. The predicted molar refractivity (Wildman–Crippen MR) is 86.1 cm³/mol. The van der Waals surface area contributed by atoms with Crippen molar-refractivity contribution in [2.24, 2.45) is 0 Å². The van der Waals surface area contributed by atoms with Crippen LogP contribution in [0.5, 0.6) is 0 Å². The molecule has 1 aromatic rings. The Hall–Kier alpha value is -1.09. The molecule has 0 aromatic carbocycles. The summed E-state index contributed by atoms with van der Waals surface area (Å²) in [5.74, 6) is 1.15. The Labute approximate surface area is 123 Å². The Kier molecular flexibility index (Phi) is 5.03. The standard InChI is InChI=1S/C17H29N3/c1-5-15-8-6-7-11-20(15)16-10-9-14(12-18-16)13-19-17(2,3)4/h9-10,12,15,19H,5-8,11,13H2,1-4H3. The van der Waals surface area contributed by atoms with Crippen LogP contribution in [0.3, 0.4) is 0 Å². The highest BCUT2D eigenvalue weighted by molar-refractivity contribution is 5.41. The molecule has 1 aliphatic heterocycles. The van der Waals surface area contributed by atoms with E-state index >= 15 is 0 Å². The number of hydrogen-bond donors (Lipinski definition) is 1. The molecule has 2 heterocycles. The molecule has 0 saturated carbocycles. The first kappa shape index (κ1) is 15.3. The van der Waals surface area contributed by atoms with Crippen molar-refractivity contribution in [1.29, 1.82) is 0 Å². The zero-order valence-corrected chi connectivity index (χ0v) is 13.4. The van der Waals surface area contributed by atoms with Crippen molar-refractivity contribution < 1.29 is 0 Å². The van der Waals surface area contributed by atoms with E-state index < -0.39 is 0 Å². The SMILES string of the molecule is CCC1CCCCN1c1ccc(CNC(C)(C)C)cn1. The van der Waals surface area contributed by atoms with Gasteiger partial charge >= 0.3 is 0 Å². The summed E-state index contributed by atoms with van der Waals surface area (Å²) in [4.78, 5) is 7.18. The Morgan fingerprint density at radius 1 is 1.30 bits per heavy atom. The molecule has 0 aliphatic carbocycles. The van der Waals surface area contributed by atoms with E-state index in [0.717, 1.165) is 18.9 Å². The van der Waals surface area contributed by atoms with Gasteiger partial charge in [0.2, 0.25) is 0 Å². The van der Waals surface area contributed by atoms with Crippen LogP contribution in [0.4, 0.5) is 5.82 Å². The average Bonchev–Trinajstić information content (AvgIpc) is 2.45. The van der Waals surface area contributed by atoms with E-state index in [-0.39, 0.29) is 5.54 Å². The van der Waals surface area contributed by atoms with Crippen LogP contribution in [0.1, 0.15) is 58.9 Å². The van der Waals surface area contributed by atoms with Crippen molar-refractivity contribution >= 4 is 5.82 Å². The third kappa shape index (κ3) is 4.20. The molecule has 0 bridgehead atoms. The van der Waals surface area contributed by atoms with Crippen molar-refractivity contribution in [3.8, 4) is 0 Å². The average molecular weight is 275 g/mol. The summed E-state index contributed by atoms with van der Waals surface area (Å²) in [6.45, 7) is 10.9. The molecule has 0 radical (unpaired) electrons. The maximum Gasteiger partial charge on any atom is 0.128 e. The molecule has 3 nitrogen and oxygen atoms in total. The predicted octanol–water partition coefficient (Wildman–Crippen LogP) is 3.74. The van der Waals surface area contributed by atoms with Gasteiger partial charge in [0.15, 0.2) is 0 Å². The number of nitrogens with zero attached hydrogens (tertiary/aromatic N) is 2. The first-order valence-electron chi connectivity index (χ1n) is 7.96. The molecule has 1 fully saturated rings. The second-order valence-electron chi connectivity index (χ2n) is 6.88. The van der Waals surface area contributed by atoms with E-state index in [2.05, 4.69) is 55.0 Å². The number of hydrogen-bond acceptors (Lipinski definition) is 3. The van der Waals surface area contributed by atoms with E-state index in [1.54, 1.807) is 0 Å². The fourth-order valence-corrected chi connectivity index (χ4v) is 2.79. The first-order valence-corrected chi connectivity index (χ1v) is 7.96. The highest BCUT2D eigenvalue weighted by Crippen LogP contribution is 2.24. The van der Waals surface area contributed by atoms with Gasteiger partial charge in [-0.15, -0.1) is 0 Å². The number of rotatable bonds is 4. The van der Waals surface area contributed by atoms with E-state index in [1.165, 1.54) is 31.2 Å². The molecule has 20 heavy (non-hydrogen) atoms. The molecule has 1 saturated heterocycles. The van der Waals surface area contributed by atoms with Crippen molar-refractivity contribution in [2.75, 3.05) is 11.4 Å².